The van der Waals surface area contributed by atoms with E-state index in [1.165, 1.54) is 12.1 Å². The van der Waals surface area contributed by atoms with Crippen molar-refractivity contribution in [2.75, 3.05) is 6.61 Å². The minimum atomic E-state index is -0.790. The zero-order chi connectivity index (χ0) is 18.1. The number of ether oxygens (including phenoxy) is 2. The summed E-state index contributed by atoms with van der Waals surface area (Å²) in [5.74, 6) is -0.0550. The van der Waals surface area contributed by atoms with Crippen LogP contribution in [0.25, 0.3) is 21.1 Å². The molecule has 2 aromatic carbocycles. The monoisotopic (exact) mass is 370 g/mol. The summed E-state index contributed by atoms with van der Waals surface area (Å²) < 4.78 is 26.6. The summed E-state index contributed by atoms with van der Waals surface area (Å²) in [6.45, 7) is 2.32. The van der Waals surface area contributed by atoms with E-state index in [2.05, 4.69) is 4.98 Å². The molecule has 0 saturated heterocycles. The zero-order valence-electron chi connectivity index (χ0n) is 13.9. The van der Waals surface area contributed by atoms with Gasteiger partial charge >= 0.3 is 6.16 Å². The SMILES string of the molecule is CCOC(=O)Oc1cc2cc(F)ccc2n1Cc1nc2ccccc2s1. The molecule has 2 aromatic heterocycles. The van der Waals surface area contributed by atoms with Crippen LogP contribution in [0.15, 0.2) is 48.5 Å². The van der Waals surface area contributed by atoms with E-state index >= 15 is 0 Å². The fraction of sp³-hybridized carbons (Fsp3) is 0.158. The molecular formula is C19H15FN2O3S. The summed E-state index contributed by atoms with van der Waals surface area (Å²) in [7, 11) is 0. The van der Waals surface area contributed by atoms with E-state index in [4.69, 9.17) is 9.47 Å². The first kappa shape index (κ1) is 16.5. The van der Waals surface area contributed by atoms with Crippen molar-refractivity contribution in [3.8, 4) is 5.88 Å². The Kier molecular flexibility index (Phi) is 4.30. The Morgan fingerprint density at radius 3 is 2.88 bits per heavy atom. The molecule has 0 saturated carbocycles. The number of fused-ring (bicyclic) bond motifs is 2. The molecule has 0 bridgehead atoms. The molecule has 4 rings (SSSR count). The third-order valence-electron chi connectivity index (χ3n) is 3.91. The fourth-order valence-corrected chi connectivity index (χ4v) is 3.78. The number of para-hydroxylation sites is 1. The van der Waals surface area contributed by atoms with Crippen molar-refractivity contribution >= 4 is 38.6 Å². The minimum absolute atomic E-state index is 0.214. The third-order valence-corrected chi connectivity index (χ3v) is 4.93. The van der Waals surface area contributed by atoms with Crippen molar-refractivity contribution in [1.29, 1.82) is 0 Å². The number of aromatic nitrogens is 2. The maximum absolute atomic E-state index is 13.6. The standard InChI is InChI=1S/C19H15FN2O3S/c1-2-24-19(23)25-18-10-12-9-13(20)7-8-15(12)22(18)11-17-21-14-5-3-4-6-16(14)26-17/h3-10H,2,11H2,1H3. The number of halogens is 1. The summed E-state index contributed by atoms with van der Waals surface area (Å²) in [4.78, 5) is 16.4. The maximum Gasteiger partial charge on any atom is 0.515 e. The first-order chi connectivity index (χ1) is 12.6. The summed E-state index contributed by atoms with van der Waals surface area (Å²) in [6.07, 6.45) is -0.790. The van der Waals surface area contributed by atoms with Crippen LogP contribution >= 0.6 is 11.3 Å². The molecule has 0 aliphatic rings. The summed E-state index contributed by atoms with van der Waals surface area (Å²) in [5.41, 5.74) is 1.67. The average Bonchev–Trinajstić information content (AvgIpc) is 3.16. The Hall–Kier alpha value is -2.93. The Balaban J connectivity index is 1.76. The van der Waals surface area contributed by atoms with Gasteiger partial charge in [0, 0.05) is 11.5 Å². The zero-order valence-corrected chi connectivity index (χ0v) is 14.8. The van der Waals surface area contributed by atoms with E-state index in [1.807, 2.05) is 24.3 Å². The number of hydrogen-bond donors (Lipinski definition) is 0. The van der Waals surface area contributed by atoms with Crippen molar-refractivity contribution in [2.45, 2.75) is 13.5 Å². The van der Waals surface area contributed by atoms with Crippen molar-refractivity contribution in [2.24, 2.45) is 0 Å². The molecule has 0 spiro atoms. The molecular weight excluding hydrogens is 355 g/mol. The molecule has 0 atom stereocenters. The number of hydrogen-bond acceptors (Lipinski definition) is 5. The summed E-state index contributed by atoms with van der Waals surface area (Å²) in [6, 6.07) is 13.9. The number of rotatable bonds is 4. The Bertz CT molecular complexity index is 1070. The summed E-state index contributed by atoms with van der Waals surface area (Å²) in [5, 5.41) is 1.51. The van der Waals surface area contributed by atoms with Gasteiger partial charge in [0.15, 0.2) is 0 Å². The number of carbonyl (C=O) groups is 1. The molecule has 0 aliphatic heterocycles. The molecule has 0 fully saturated rings. The van der Waals surface area contributed by atoms with Crippen LogP contribution in [-0.2, 0) is 11.3 Å². The highest BCUT2D eigenvalue weighted by Crippen LogP contribution is 2.30. The van der Waals surface area contributed by atoms with Gasteiger partial charge in [0.1, 0.15) is 10.8 Å². The lowest BCUT2D eigenvalue weighted by Gasteiger charge is -2.09. The Labute approximate surface area is 152 Å². The fourth-order valence-electron chi connectivity index (χ4n) is 2.82. The third kappa shape index (κ3) is 3.13. The van der Waals surface area contributed by atoms with Gasteiger partial charge in [-0.05, 0) is 37.3 Å². The van der Waals surface area contributed by atoms with E-state index in [1.54, 1.807) is 35.0 Å². The highest BCUT2D eigenvalue weighted by atomic mass is 32.1. The molecule has 26 heavy (non-hydrogen) atoms. The topological polar surface area (TPSA) is 53.4 Å². The summed E-state index contributed by atoms with van der Waals surface area (Å²) >= 11 is 1.57. The highest BCUT2D eigenvalue weighted by Gasteiger charge is 2.16. The van der Waals surface area contributed by atoms with Gasteiger partial charge in [0.05, 0.1) is 28.9 Å². The second-order valence-corrected chi connectivity index (χ2v) is 6.75. The molecule has 0 radical (unpaired) electrons. The van der Waals surface area contributed by atoms with E-state index in [0.29, 0.717) is 17.8 Å². The Morgan fingerprint density at radius 2 is 2.08 bits per heavy atom. The number of nitrogens with zero attached hydrogens (tertiary/aromatic N) is 2. The molecule has 132 valence electrons. The van der Waals surface area contributed by atoms with Gasteiger partial charge in [-0.3, -0.25) is 0 Å². The minimum Gasteiger partial charge on any atom is -0.434 e. The van der Waals surface area contributed by atoms with Gasteiger partial charge in [-0.15, -0.1) is 11.3 Å². The van der Waals surface area contributed by atoms with Gasteiger partial charge < -0.3 is 14.0 Å². The second-order valence-electron chi connectivity index (χ2n) is 5.63. The van der Waals surface area contributed by atoms with Gasteiger partial charge in [0.25, 0.3) is 0 Å². The van der Waals surface area contributed by atoms with Crippen LogP contribution in [-0.4, -0.2) is 22.3 Å². The molecule has 5 nitrogen and oxygen atoms in total. The van der Waals surface area contributed by atoms with Crippen LogP contribution in [0.4, 0.5) is 9.18 Å². The van der Waals surface area contributed by atoms with Gasteiger partial charge in [-0.25, -0.2) is 14.2 Å². The van der Waals surface area contributed by atoms with E-state index in [0.717, 1.165) is 20.7 Å². The lowest BCUT2D eigenvalue weighted by Crippen LogP contribution is -2.13. The average molecular weight is 370 g/mol. The second kappa shape index (κ2) is 6.76. The molecule has 0 aliphatic carbocycles. The van der Waals surface area contributed by atoms with Crippen LogP contribution in [0.2, 0.25) is 0 Å². The lowest BCUT2D eigenvalue weighted by atomic mass is 10.2. The molecule has 0 N–H and O–H groups in total. The number of thiazole rings is 1. The van der Waals surface area contributed by atoms with Gasteiger partial charge in [0.2, 0.25) is 5.88 Å². The maximum atomic E-state index is 13.6. The van der Waals surface area contributed by atoms with Crippen LogP contribution < -0.4 is 4.74 Å². The molecule has 0 unspecified atom stereocenters. The van der Waals surface area contributed by atoms with Crippen LogP contribution in [0.5, 0.6) is 5.88 Å². The smallest absolute Gasteiger partial charge is 0.434 e. The van der Waals surface area contributed by atoms with E-state index < -0.39 is 6.16 Å². The molecule has 4 aromatic rings. The van der Waals surface area contributed by atoms with E-state index in [-0.39, 0.29) is 12.4 Å². The van der Waals surface area contributed by atoms with Gasteiger partial charge in [-0.1, -0.05) is 12.1 Å². The van der Waals surface area contributed by atoms with E-state index in [9.17, 15) is 9.18 Å². The van der Waals surface area contributed by atoms with Crippen LogP contribution in [0.1, 0.15) is 11.9 Å². The van der Waals surface area contributed by atoms with Crippen LogP contribution in [0.3, 0.4) is 0 Å². The van der Waals surface area contributed by atoms with Crippen molar-refractivity contribution in [3.05, 3.63) is 59.4 Å². The molecule has 7 heteroatoms. The van der Waals surface area contributed by atoms with Crippen LogP contribution in [0, 0.1) is 5.82 Å². The van der Waals surface area contributed by atoms with Crippen molar-refractivity contribution < 1.29 is 18.7 Å². The quantitative estimate of drug-likeness (QED) is 0.476. The normalized spacial score (nSPS) is 11.2. The molecule has 0 amide bonds. The predicted octanol–water partition coefficient (Wildman–Crippen LogP) is 4.97. The number of benzene rings is 2. The lowest BCUT2D eigenvalue weighted by molar-refractivity contribution is 0.101. The Morgan fingerprint density at radius 1 is 1.23 bits per heavy atom. The first-order valence-corrected chi connectivity index (χ1v) is 8.93. The highest BCUT2D eigenvalue weighted by molar-refractivity contribution is 7.18. The largest absolute Gasteiger partial charge is 0.515 e. The first-order valence-electron chi connectivity index (χ1n) is 8.12. The number of carbonyl (C=O) groups excluding carboxylic acids is 1. The predicted molar refractivity (Wildman–Crippen MR) is 98.3 cm³/mol. The van der Waals surface area contributed by atoms with Crippen molar-refractivity contribution in [3.63, 3.8) is 0 Å². The van der Waals surface area contributed by atoms with Gasteiger partial charge in [-0.2, -0.15) is 0 Å². The van der Waals surface area contributed by atoms with Crippen molar-refractivity contribution in [1.82, 2.24) is 9.55 Å². The molecule has 2 heterocycles.